The summed E-state index contributed by atoms with van der Waals surface area (Å²) in [6.07, 6.45) is 11.3. The van der Waals surface area contributed by atoms with E-state index in [1.807, 2.05) is 24.3 Å². The number of hydrogen-bond donors (Lipinski definition) is 0. The maximum Gasteiger partial charge on any atom is 0.166 e. The second kappa shape index (κ2) is 14.0. The highest BCUT2D eigenvalue weighted by atomic mass is 19.2. The molecule has 1 aliphatic rings. The van der Waals surface area contributed by atoms with Gasteiger partial charge in [-0.1, -0.05) is 101 Å². The zero-order chi connectivity index (χ0) is 26.9. The van der Waals surface area contributed by atoms with Crippen molar-refractivity contribution in [2.45, 2.75) is 90.6 Å². The van der Waals surface area contributed by atoms with Gasteiger partial charge in [0.1, 0.15) is 5.82 Å². The molecule has 0 saturated carbocycles. The Bertz CT molecular complexity index is 1160. The second-order valence-electron chi connectivity index (χ2n) is 10.8. The molecular weight excluding hydrogens is 481 g/mol. The van der Waals surface area contributed by atoms with Gasteiger partial charge in [0.05, 0.1) is 12.7 Å². The van der Waals surface area contributed by atoms with Crippen LogP contribution in [0, 0.1) is 23.4 Å². The molecule has 3 aromatic rings. The first kappa shape index (κ1) is 28.4. The monoisotopic (exact) mass is 522 g/mol. The molecule has 1 aliphatic heterocycles. The Morgan fingerprint density at radius 1 is 0.711 bits per heavy atom. The molecule has 4 heteroatoms. The summed E-state index contributed by atoms with van der Waals surface area (Å²) in [5.74, 6) is -1.23. The fourth-order valence-electron chi connectivity index (χ4n) is 5.52. The zero-order valence-electron chi connectivity index (χ0n) is 22.9. The van der Waals surface area contributed by atoms with Crippen LogP contribution in [0.1, 0.15) is 95.3 Å². The van der Waals surface area contributed by atoms with Crippen molar-refractivity contribution in [1.82, 2.24) is 0 Å². The molecule has 2 unspecified atom stereocenters. The van der Waals surface area contributed by atoms with Crippen LogP contribution in [0.15, 0.2) is 54.6 Å². The largest absolute Gasteiger partial charge is 0.373 e. The molecule has 0 spiro atoms. The number of ether oxygens (including phenoxy) is 1. The van der Waals surface area contributed by atoms with Crippen LogP contribution in [0.25, 0.3) is 22.3 Å². The fraction of sp³-hybridized carbons (Fsp3) is 0.471. The lowest BCUT2D eigenvalue weighted by molar-refractivity contribution is -0.0215. The van der Waals surface area contributed by atoms with Crippen LogP contribution in [0.2, 0.25) is 0 Å². The lowest BCUT2D eigenvalue weighted by Gasteiger charge is -2.29. The SMILES string of the molecule is CCCCCCc1ccc(-c2ccc(-c3ccc(C4CCC(CCCCC)CO4)c(F)c3)cc2)c(F)c1F. The van der Waals surface area contributed by atoms with Gasteiger partial charge in [-0.3, -0.25) is 0 Å². The van der Waals surface area contributed by atoms with Crippen LogP contribution in [0.5, 0.6) is 0 Å². The van der Waals surface area contributed by atoms with Gasteiger partial charge >= 0.3 is 0 Å². The summed E-state index contributed by atoms with van der Waals surface area (Å²) < 4.78 is 50.7. The van der Waals surface area contributed by atoms with Crippen molar-refractivity contribution >= 4 is 0 Å². The fourth-order valence-corrected chi connectivity index (χ4v) is 5.52. The van der Waals surface area contributed by atoms with E-state index in [1.165, 1.54) is 25.7 Å². The lowest BCUT2D eigenvalue weighted by Crippen LogP contribution is -2.21. The van der Waals surface area contributed by atoms with Crippen LogP contribution in [0.3, 0.4) is 0 Å². The summed E-state index contributed by atoms with van der Waals surface area (Å²) in [5.41, 5.74) is 3.47. The van der Waals surface area contributed by atoms with Crippen LogP contribution < -0.4 is 0 Å². The van der Waals surface area contributed by atoms with Crippen molar-refractivity contribution in [3.05, 3.63) is 83.2 Å². The van der Waals surface area contributed by atoms with Crippen LogP contribution in [0.4, 0.5) is 13.2 Å². The highest BCUT2D eigenvalue weighted by Gasteiger charge is 2.25. The Kier molecular flexibility index (Phi) is 10.5. The number of rotatable bonds is 12. The van der Waals surface area contributed by atoms with E-state index < -0.39 is 11.6 Å². The van der Waals surface area contributed by atoms with Gasteiger partial charge in [-0.25, -0.2) is 13.2 Å². The van der Waals surface area contributed by atoms with E-state index in [1.54, 1.807) is 30.3 Å². The van der Waals surface area contributed by atoms with Crippen molar-refractivity contribution in [1.29, 1.82) is 0 Å². The molecule has 204 valence electrons. The Hall–Kier alpha value is -2.59. The molecule has 38 heavy (non-hydrogen) atoms. The van der Waals surface area contributed by atoms with Crippen molar-refractivity contribution in [2.75, 3.05) is 6.61 Å². The van der Waals surface area contributed by atoms with E-state index in [2.05, 4.69) is 13.8 Å². The topological polar surface area (TPSA) is 9.23 Å². The van der Waals surface area contributed by atoms with Gasteiger partial charge < -0.3 is 4.74 Å². The van der Waals surface area contributed by atoms with Gasteiger partial charge in [-0.05, 0) is 66.3 Å². The average molecular weight is 523 g/mol. The maximum absolute atomic E-state index is 15.1. The molecule has 2 atom stereocenters. The molecule has 4 rings (SSSR count). The summed E-state index contributed by atoms with van der Waals surface area (Å²) in [4.78, 5) is 0. The van der Waals surface area contributed by atoms with Crippen molar-refractivity contribution < 1.29 is 17.9 Å². The summed E-state index contributed by atoms with van der Waals surface area (Å²) in [5, 5.41) is 0. The quantitative estimate of drug-likeness (QED) is 0.215. The summed E-state index contributed by atoms with van der Waals surface area (Å²) in [6.45, 7) is 5.04. The normalized spacial score (nSPS) is 17.6. The predicted molar refractivity (Wildman–Crippen MR) is 151 cm³/mol. The summed E-state index contributed by atoms with van der Waals surface area (Å²) in [7, 11) is 0. The number of unbranched alkanes of at least 4 members (excludes halogenated alkanes) is 5. The van der Waals surface area contributed by atoms with Gasteiger partial charge in [-0.2, -0.15) is 0 Å². The first-order valence-corrected chi connectivity index (χ1v) is 14.5. The molecule has 1 heterocycles. The molecule has 3 aromatic carbocycles. The molecule has 1 fully saturated rings. The zero-order valence-corrected chi connectivity index (χ0v) is 22.9. The highest BCUT2D eigenvalue weighted by molar-refractivity contribution is 5.71. The minimum Gasteiger partial charge on any atom is -0.373 e. The molecular formula is C34H41F3O. The summed E-state index contributed by atoms with van der Waals surface area (Å²) >= 11 is 0. The van der Waals surface area contributed by atoms with E-state index in [0.717, 1.165) is 49.7 Å². The first-order valence-electron chi connectivity index (χ1n) is 14.5. The van der Waals surface area contributed by atoms with Gasteiger partial charge in [0, 0.05) is 11.1 Å². The van der Waals surface area contributed by atoms with Gasteiger partial charge in [0.15, 0.2) is 11.6 Å². The van der Waals surface area contributed by atoms with Crippen molar-refractivity contribution in [3.8, 4) is 22.3 Å². The van der Waals surface area contributed by atoms with Crippen LogP contribution in [-0.4, -0.2) is 6.61 Å². The number of hydrogen-bond acceptors (Lipinski definition) is 1. The number of benzene rings is 3. The smallest absolute Gasteiger partial charge is 0.166 e. The molecule has 0 radical (unpaired) electrons. The molecule has 0 amide bonds. The molecule has 0 aliphatic carbocycles. The van der Waals surface area contributed by atoms with E-state index in [4.69, 9.17) is 4.74 Å². The average Bonchev–Trinajstić information content (AvgIpc) is 2.94. The molecule has 1 saturated heterocycles. The van der Waals surface area contributed by atoms with Crippen molar-refractivity contribution in [2.24, 2.45) is 5.92 Å². The maximum atomic E-state index is 15.1. The third-order valence-corrected chi connectivity index (χ3v) is 7.92. The molecule has 0 bridgehead atoms. The van der Waals surface area contributed by atoms with E-state index in [-0.39, 0.29) is 17.5 Å². The molecule has 0 aromatic heterocycles. The van der Waals surface area contributed by atoms with E-state index >= 15 is 4.39 Å². The number of aryl methyl sites for hydroxylation is 1. The Morgan fingerprint density at radius 2 is 1.42 bits per heavy atom. The Labute approximate surface area is 226 Å². The highest BCUT2D eigenvalue weighted by Crippen LogP contribution is 2.36. The molecule has 1 nitrogen and oxygen atoms in total. The Balaban J connectivity index is 1.41. The van der Waals surface area contributed by atoms with Gasteiger partial charge in [0.25, 0.3) is 0 Å². The van der Waals surface area contributed by atoms with E-state index in [0.29, 0.717) is 35.6 Å². The molecule has 0 N–H and O–H groups in total. The van der Waals surface area contributed by atoms with E-state index in [9.17, 15) is 8.78 Å². The Morgan fingerprint density at radius 3 is 2.11 bits per heavy atom. The van der Waals surface area contributed by atoms with Crippen LogP contribution in [-0.2, 0) is 11.2 Å². The second-order valence-corrected chi connectivity index (χ2v) is 10.8. The lowest BCUT2D eigenvalue weighted by atomic mass is 9.90. The predicted octanol–water partition coefficient (Wildman–Crippen LogP) is 10.6. The standard InChI is InChI=1S/C34H41F3O/c1-3-5-7-9-11-27-17-19-29(34(37)33(27)36)26-15-13-25(14-16-26)28-18-20-30(31(35)22-28)32-21-12-24(23-38-32)10-8-6-4-2/h13-20,22,24,32H,3-12,21,23H2,1-2H3. The van der Waals surface area contributed by atoms with Crippen molar-refractivity contribution in [3.63, 3.8) is 0 Å². The van der Waals surface area contributed by atoms with Gasteiger partial charge in [0.2, 0.25) is 0 Å². The van der Waals surface area contributed by atoms with Crippen LogP contribution >= 0.6 is 0 Å². The van der Waals surface area contributed by atoms with Gasteiger partial charge in [-0.15, -0.1) is 0 Å². The summed E-state index contributed by atoms with van der Waals surface area (Å²) in [6, 6.07) is 15.8. The first-order chi connectivity index (χ1) is 18.5. The third kappa shape index (κ3) is 7.08. The number of halogens is 3. The minimum absolute atomic E-state index is 0.193. The minimum atomic E-state index is -0.804. The third-order valence-electron chi connectivity index (χ3n) is 7.92.